The highest BCUT2D eigenvalue weighted by molar-refractivity contribution is 5.77. The van der Waals surface area contributed by atoms with E-state index in [0.717, 1.165) is 12.0 Å². The van der Waals surface area contributed by atoms with Crippen molar-refractivity contribution in [1.29, 1.82) is 0 Å². The van der Waals surface area contributed by atoms with Gasteiger partial charge in [-0.1, -0.05) is 6.08 Å². The van der Waals surface area contributed by atoms with Crippen LogP contribution in [-0.4, -0.2) is 59.0 Å². The van der Waals surface area contributed by atoms with Gasteiger partial charge in [0.05, 0.1) is 12.1 Å². The van der Waals surface area contributed by atoms with Crippen molar-refractivity contribution in [2.24, 2.45) is 17.8 Å². The standard InChI is InChI=1S/C19H27F3N2O4/c1-18(2,3)28-17(27)23-8-12-6-11-4-10-5-13(12)16(26)15(11)24(9-10)14(25)7-19(20,21)22/h6,10-11,13,15-16,26H,4-5,7-9H2,1-3H3,(H,23,27)/t10?,11-,13+,15?,16-/m0/s1. The number of piperidine rings is 1. The maximum absolute atomic E-state index is 12.7. The summed E-state index contributed by atoms with van der Waals surface area (Å²) in [5.74, 6) is -1.43. The summed E-state index contributed by atoms with van der Waals surface area (Å²) in [5, 5.41) is 13.5. The summed E-state index contributed by atoms with van der Waals surface area (Å²) >= 11 is 0. The van der Waals surface area contributed by atoms with Crippen LogP contribution in [0.3, 0.4) is 0 Å². The summed E-state index contributed by atoms with van der Waals surface area (Å²) in [7, 11) is 0. The Morgan fingerprint density at radius 2 is 1.96 bits per heavy atom. The first-order chi connectivity index (χ1) is 12.8. The van der Waals surface area contributed by atoms with Crippen LogP contribution < -0.4 is 5.32 Å². The Morgan fingerprint density at radius 1 is 1.29 bits per heavy atom. The Morgan fingerprint density at radius 3 is 2.57 bits per heavy atom. The number of rotatable bonds is 3. The second kappa shape index (κ2) is 7.24. The summed E-state index contributed by atoms with van der Waals surface area (Å²) in [6, 6.07) is -0.635. The second-order valence-corrected chi connectivity index (χ2v) is 9.02. The molecule has 2 unspecified atom stereocenters. The summed E-state index contributed by atoms with van der Waals surface area (Å²) in [4.78, 5) is 25.3. The maximum Gasteiger partial charge on any atom is 0.407 e. The van der Waals surface area contributed by atoms with E-state index in [4.69, 9.17) is 4.74 Å². The molecule has 1 saturated carbocycles. The molecule has 5 atom stereocenters. The number of hydrogen-bond acceptors (Lipinski definition) is 4. The molecule has 5 rings (SSSR count). The third-order valence-corrected chi connectivity index (χ3v) is 5.62. The molecule has 4 bridgehead atoms. The molecule has 5 aliphatic rings. The first-order valence-corrected chi connectivity index (χ1v) is 9.56. The zero-order valence-corrected chi connectivity index (χ0v) is 16.3. The van der Waals surface area contributed by atoms with Gasteiger partial charge in [0, 0.05) is 24.9 Å². The van der Waals surface area contributed by atoms with Crippen molar-refractivity contribution in [3.63, 3.8) is 0 Å². The number of alkyl carbamates (subject to hydrolysis) is 1. The summed E-state index contributed by atoms with van der Waals surface area (Å²) in [6.07, 6.45) is -4.33. The van der Waals surface area contributed by atoms with Gasteiger partial charge in [0.1, 0.15) is 12.0 Å². The van der Waals surface area contributed by atoms with Crippen LogP contribution in [-0.2, 0) is 9.53 Å². The lowest BCUT2D eigenvalue weighted by Crippen LogP contribution is -2.57. The highest BCUT2D eigenvalue weighted by Crippen LogP contribution is 2.47. The second-order valence-electron chi connectivity index (χ2n) is 9.02. The summed E-state index contributed by atoms with van der Waals surface area (Å²) in [6.45, 7) is 5.72. The zero-order valence-electron chi connectivity index (χ0n) is 16.3. The molecule has 2 N–H and O–H groups in total. The van der Waals surface area contributed by atoms with Gasteiger partial charge < -0.3 is 20.1 Å². The molecular weight excluding hydrogens is 377 g/mol. The summed E-state index contributed by atoms with van der Waals surface area (Å²) < 4.78 is 43.2. The smallest absolute Gasteiger partial charge is 0.407 e. The van der Waals surface area contributed by atoms with Crippen LogP contribution in [0.1, 0.15) is 40.0 Å². The number of carbonyl (C=O) groups is 2. The van der Waals surface area contributed by atoms with Gasteiger partial charge in [-0.25, -0.2) is 4.79 Å². The molecule has 3 aliphatic carbocycles. The van der Waals surface area contributed by atoms with Crippen LogP contribution in [0.25, 0.3) is 0 Å². The van der Waals surface area contributed by atoms with Crippen molar-refractivity contribution in [3.05, 3.63) is 11.6 Å². The average Bonchev–Trinajstić information content (AvgIpc) is 2.80. The number of halogens is 3. The van der Waals surface area contributed by atoms with Gasteiger partial charge in [-0.05, 0) is 45.1 Å². The lowest BCUT2D eigenvalue weighted by atomic mass is 9.77. The molecule has 9 heteroatoms. The lowest BCUT2D eigenvalue weighted by Gasteiger charge is -2.45. The van der Waals surface area contributed by atoms with Gasteiger partial charge in [0.2, 0.25) is 5.91 Å². The minimum atomic E-state index is -4.56. The van der Waals surface area contributed by atoms with Crippen LogP contribution in [0.15, 0.2) is 11.6 Å². The predicted octanol–water partition coefficient (Wildman–Crippen LogP) is 2.62. The molecule has 0 radical (unpaired) electrons. The molecule has 0 aromatic carbocycles. The molecule has 2 heterocycles. The molecule has 2 aliphatic heterocycles. The van der Waals surface area contributed by atoms with Gasteiger partial charge in [-0.3, -0.25) is 4.79 Å². The van der Waals surface area contributed by atoms with Crippen molar-refractivity contribution < 1.29 is 32.6 Å². The van der Waals surface area contributed by atoms with Crippen LogP contribution in [0.2, 0.25) is 0 Å². The van der Waals surface area contributed by atoms with Crippen molar-refractivity contribution in [3.8, 4) is 0 Å². The fourth-order valence-corrected chi connectivity index (χ4v) is 4.73. The summed E-state index contributed by atoms with van der Waals surface area (Å²) in [5.41, 5.74) is 0.228. The molecule has 2 amide bonds. The maximum atomic E-state index is 12.7. The number of aliphatic hydroxyl groups is 1. The molecule has 158 valence electrons. The van der Waals surface area contributed by atoms with E-state index in [2.05, 4.69) is 5.32 Å². The highest BCUT2D eigenvalue weighted by Gasteiger charge is 2.52. The predicted molar refractivity (Wildman–Crippen MR) is 94.2 cm³/mol. The normalized spacial score (nSPS) is 32.0. The molecule has 0 aromatic rings. The van der Waals surface area contributed by atoms with E-state index in [0.29, 0.717) is 6.42 Å². The van der Waals surface area contributed by atoms with Gasteiger partial charge in [0.15, 0.2) is 0 Å². The Balaban J connectivity index is 1.72. The quantitative estimate of drug-likeness (QED) is 0.709. The van der Waals surface area contributed by atoms with Crippen LogP contribution in [0, 0.1) is 17.8 Å². The third-order valence-electron chi connectivity index (χ3n) is 5.62. The van der Waals surface area contributed by atoms with Crippen molar-refractivity contribution in [2.75, 3.05) is 13.1 Å². The number of fused-ring (bicyclic) bond motifs is 1. The Labute approximate surface area is 162 Å². The minimum Gasteiger partial charge on any atom is -0.444 e. The van der Waals surface area contributed by atoms with Crippen molar-refractivity contribution in [1.82, 2.24) is 10.2 Å². The fraction of sp³-hybridized carbons (Fsp3) is 0.789. The van der Waals surface area contributed by atoms with Crippen molar-refractivity contribution in [2.45, 2.75) is 64.0 Å². The topological polar surface area (TPSA) is 78.9 Å². The number of ether oxygens (including phenoxy) is 1. The molecule has 28 heavy (non-hydrogen) atoms. The number of alkyl halides is 3. The Kier molecular flexibility index (Phi) is 5.42. The average molecular weight is 404 g/mol. The van der Waals surface area contributed by atoms with E-state index in [1.54, 1.807) is 20.8 Å². The highest BCUT2D eigenvalue weighted by atomic mass is 19.4. The number of carbonyl (C=O) groups excluding carboxylic acids is 2. The number of aliphatic hydroxyl groups excluding tert-OH is 1. The van der Waals surface area contributed by atoms with E-state index < -0.39 is 42.3 Å². The molecule has 3 fully saturated rings. The Hall–Kier alpha value is -1.77. The zero-order chi connectivity index (χ0) is 20.9. The number of amides is 2. The first kappa shape index (κ1) is 21.0. The molecule has 2 saturated heterocycles. The van der Waals surface area contributed by atoms with E-state index in [1.807, 2.05) is 6.08 Å². The van der Waals surface area contributed by atoms with Crippen LogP contribution >= 0.6 is 0 Å². The molecule has 0 aromatic heterocycles. The number of nitrogens with zero attached hydrogens (tertiary/aromatic N) is 1. The largest absolute Gasteiger partial charge is 0.444 e. The van der Waals surface area contributed by atoms with E-state index >= 15 is 0 Å². The number of nitrogens with one attached hydrogen (secondary N) is 1. The monoisotopic (exact) mass is 404 g/mol. The van der Waals surface area contributed by atoms with Crippen LogP contribution in [0.5, 0.6) is 0 Å². The van der Waals surface area contributed by atoms with Gasteiger partial charge in [-0.15, -0.1) is 0 Å². The van der Waals surface area contributed by atoms with E-state index in [1.165, 1.54) is 4.90 Å². The molecule has 6 nitrogen and oxygen atoms in total. The van der Waals surface area contributed by atoms with E-state index in [-0.39, 0.29) is 30.8 Å². The third kappa shape index (κ3) is 4.61. The molecular formula is C19H27F3N2O4. The minimum absolute atomic E-state index is 0.0378. The lowest BCUT2D eigenvalue weighted by molar-refractivity contribution is -0.167. The van der Waals surface area contributed by atoms with Crippen LogP contribution in [0.4, 0.5) is 18.0 Å². The molecule has 0 spiro atoms. The fourth-order valence-electron chi connectivity index (χ4n) is 4.73. The van der Waals surface area contributed by atoms with Gasteiger partial charge in [0.25, 0.3) is 0 Å². The Bertz CT molecular complexity index is 671. The number of hydrogen-bond donors (Lipinski definition) is 2. The SMILES string of the molecule is CC(C)(C)OC(=O)NCC1=C[C@@H]2CC3C[C@H]1[C@H](O)C2N(C(=O)CC(F)(F)F)C3. The first-order valence-electron chi connectivity index (χ1n) is 9.56. The van der Waals surface area contributed by atoms with Gasteiger partial charge in [-0.2, -0.15) is 13.2 Å². The van der Waals surface area contributed by atoms with E-state index in [9.17, 15) is 27.9 Å². The van der Waals surface area contributed by atoms with Crippen molar-refractivity contribution >= 4 is 12.0 Å². The van der Waals surface area contributed by atoms with Gasteiger partial charge >= 0.3 is 12.3 Å².